The molecule has 0 bridgehead atoms. The largest absolute Gasteiger partial charge is 0.493 e. The number of ether oxygens (including phenoxy) is 2. The van der Waals surface area contributed by atoms with Crippen molar-refractivity contribution in [1.82, 2.24) is 4.98 Å². The van der Waals surface area contributed by atoms with E-state index < -0.39 is 22.7 Å². The molecule has 6 nitrogen and oxygen atoms in total. The van der Waals surface area contributed by atoms with Crippen LogP contribution < -0.4 is 9.47 Å². The number of aryl methyl sites for hydroxylation is 1. The number of nitrogens with zero attached hydrogens (tertiary/aromatic N) is 1. The van der Waals surface area contributed by atoms with Crippen LogP contribution in [0.25, 0.3) is 21.2 Å². The predicted molar refractivity (Wildman–Crippen MR) is 165 cm³/mol. The molecule has 1 atom stereocenters. The van der Waals surface area contributed by atoms with Crippen LogP contribution in [0.15, 0.2) is 60.1 Å². The van der Waals surface area contributed by atoms with E-state index in [1.165, 1.54) is 21.2 Å². The number of benzene rings is 2. The highest BCUT2D eigenvalue weighted by molar-refractivity contribution is 7.85. The molecule has 1 aliphatic rings. The number of aliphatic carboxylic acids is 1. The summed E-state index contributed by atoms with van der Waals surface area (Å²) in [6.07, 6.45) is 3.52. The molecule has 1 N–H and O–H groups in total. The van der Waals surface area contributed by atoms with Crippen LogP contribution in [0.3, 0.4) is 0 Å². The van der Waals surface area contributed by atoms with Gasteiger partial charge in [0.15, 0.2) is 0 Å². The van der Waals surface area contributed by atoms with Gasteiger partial charge in [-0.25, -0.2) is 4.98 Å². The normalized spacial score (nSPS) is 17.4. The van der Waals surface area contributed by atoms with Crippen molar-refractivity contribution < 1.29 is 23.6 Å². The average molecular weight is 588 g/mol. The first-order valence-electron chi connectivity index (χ1n) is 13.7. The zero-order chi connectivity index (χ0) is 28.8. The molecule has 4 aromatic rings. The van der Waals surface area contributed by atoms with Crippen LogP contribution in [0.5, 0.6) is 11.6 Å². The molecule has 0 aliphatic carbocycles. The number of pyridine rings is 1. The van der Waals surface area contributed by atoms with Gasteiger partial charge in [-0.15, -0.1) is 17.3 Å². The number of hydrogen-bond acceptors (Lipinski definition) is 6. The van der Waals surface area contributed by atoms with Crippen molar-refractivity contribution in [2.45, 2.75) is 45.6 Å². The molecule has 5 rings (SSSR count). The summed E-state index contributed by atoms with van der Waals surface area (Å²) < 4.78 is 24.9. The number of carboxylic acids is 1. The van der Waals surface area contributed by atoms with Crippen LogP contribution in [0.1, 0.15) is 48.8 Å². The first kappa shape index (κ1) is 28.8. The summed E-state index contributed by atoms with van der Waals surface area (Å²) in [5.74, 6) is 7.86. The third-order valence-corrected chi connectivity index (χ3v) is 9.71. The molecule has 1 aliphatic heterocycles. The Bertz CT molecular complexity index is 1610. The van der Waals surface area contributed by atoms with Crippen LogP contribution in [0.2, 0.25) is 0 Å². The Morgan fingerprint density at radius 3 is 2.66 bits per heavy atom. The van der Waals surface area contributed by atoms with Crippen molar-refractivity contribution in [3.05, 3.63) is 76.8 Å². The molecular weight excluding hydrogens is 554 g/mol. The van der Waals surface area contributed by atoms with Crippen molar-refractivity contribution in [1.29, 1.82) is 0 Å². The van der Waals surface area contributed by atoms with Gasteiger partial charge in [0.05, 0.1) is 18.9 Å². The Morgan fingerprint density at radius 2 is 1.95 bits per heavy atom. The van der Waals surface area contributed by atoms with E-state index in [-0.39, 0.29) is 6.42 Å². The number of fused-ring (bicyclic) bond motifs is 1. The summed E-state index contributed by atoms with van der Waals surface area (Å²) in [5, 5.41) is 12.5. The van der Waals surface area contributed by atoms with E-state index in [1.807, 2.05) is 12.1 Å². The SMILES string of the molecule is CC#C[C@H](CC(=O)O)c1ccc(OCc2ccc3scc(-c4ccc(OCC5CCS(=O)CC5)cc4C)c3c2)nc1. The molecule has 8 heteroatoms. The molecular formula is C33H33NO5S2. The summed E-state index contributed by atoms with van der Waals surface area (Å²) in [5.41, 5.74) is 5.33. The van der Waals surface area contributed by atoms with E-state index >= 15 is 0 Å². The smallest absolute Gasteiger partial charge is 0.304 e. The van der Waals surface area contributed by atoms with Gasteiger partial charge in [0, 0.05) is 50.2 Å². The second-order valence-corrected chi connectivity index (χ2v) is 12.9. The lowest BCUT2D eigenvalue weighted by atomic mass is 9.98. The van der Waals surface area contributed by atoms with Crippen molar-refractivity contribution in [2.24, 2.45) is 5.92 Å². The Hall–Kier alpha value is -3.67. The summed E-state index contributed by atoms with van der Waals surface area (Å²) in [4.78, 5) is 15.6. The fraction of sp³-hybridized carbons (Fsp3) is 0.333. The van der Waals surface area contributed by atoms with Crippen LogP contribution in [0, 0.1) is 24.7 Å². The van der Waals surface area contributed by atoms with Gasteiger partial charge in [0.25, 0.3) is 0 Å². The van der Waals surface area contributed by atoms with Crippen molar-refractivity contribution in [2.75, 3.05) is 18.1 Å². The van der Waals surface area contributed by atoms with Gasteiger partial charge in [-0.2, -0.15) is 0 Å². The molecule has 1 fully saturated rings. The van der Waals surface area contributed by atoms with Gasteiger partial charge in [-0.05, 0) is 84.5 Å². The minimum absolute atomic E-state index is 0.0640. The maximum atomic E-state index is 11.6. The first-order chi connectivity index (χ1) is 19.9. The second kappa shape index (κ2) is 13.3. The number of carboxylic acid groups (broad SMARTS) is 1. The lowest BCUT2D eigenvalue weighted by Gasteiger charge is -2.21. The van der Waals surface area contributed by atoms with Crippen LogP contribution in [0.4, 0.5) is 0 Å². The van der Waals surface area contributed by atoms with Crippen molar-refractivity contribution >= 4 is 38.2 Å². The quantitative estimate of drug-likeness (QED) is 0.202. The van der Waals surface area contributed by atoms with Crippen molar-refractivity contribution in [3.8, 4) is 34.6 Å². The van der Waals surface area contributed by atoms with Gasteiger partial charge in [-0.3, -0.25) is 9.00 Å². The minimum Gasteiger partial charge on any atom is -0.493 e. The van der Waals surface area contributed by atoms with E-state index in [0.29, 0.717) is 25.0 Å². The van der Waals surface area contributed by atoms with Gasteiger partial charge in [-0.1, -0.05) is 24.1 Å². The lowest BCUT2D eigenvalue weighted by molar-refractivity contribution is -0.137. The molecule has 1 saturated heterocycles. The molecule has 0 radical (unpaired) electrons. The molecule has 41 heavy (non-hydrogen) atoms. The molecule has 2 aromatic heterocycles. The van der Waals surface area contributed by atoms with Crippen LogP contribution in [-0.2, 0) is 22.2 Å². The summed E-state index contributed by atoms with van der Waals surface area (Å²) >= 11 is 1.72. The number of hydrogen-bond donors (Lipinski definition) is 1. The van der Waals surface area contributed by atoms with Crippen molar-refractivity contribution in [3.63, 3.8) is 0 Å². The van der Waals surface area contributed by atoms with Gasteiger partial charge in [0.2, 0.25) is 5.88 Å². The highest BCUT2D eigenvalue weighted by Gasteiger charge is 2.19. The average Bonchev–Trinajstić information content (AvgIpc) is 3.39. The van der Waals surface area contributed by atoms with E-state index in [2.05, 4.69) is 59.5 Å². The predicted octanol–water partition coefficient (Wildman–Crippen LogP) is 6.97. The van der Waals surface area contributed by atoms with Gasteiger partial charge in [0.1, 0.15) is 12.4 Å². The maximum Gasteiger partial charge on any atom is 0.304 e. The van der Waals surface area contributed by atoms with E-state index in [0.717, 1.165) is 46.8 Å². The fourth-order valence-electron chi connectivity index (χ4n) is 5.07. The Kier molecular flexibility index (Phi) is 9.38. The van der Waals surface area contributed by atoms with E-state index in [1.54, 1.807) is 30.5 Å². The minimum atomic E-state index is -0.893. The standard InChI is InChI=1S/C33H33NO5S2/c1-3-4-25(17-33(35)36)26-6-10-32(34-18-26)39-20-24-5-9-31-29(16-24)30(21-40-31)28-8-7-27(15-22(28)2)38-19-23-11-13-41(37)14-12-23/h5-10,15-16,18,21,23,25H,11-14,17,19-20H2,1-2H3,(H,35,36)/t23?,25-,41?/m1/s1. The number of rotatable bonds is 10. The molecule has 212 valence electrons. The highest BCUT2D eigenvalue weighted by Crippen LogP contribution is 2.37. The first-order valence-corrected chi connectivity index (χ1v) is 16.1. The fourth-order valence-corrected chi connectivity index (χ4v) is 7.41. The Morgan fingerprint density at radius 1 is 1.12 bits per heavy atom. The van der Waals surface area contributed by atoms with Gasteiger partial charge >= 0.3 is 5.97 Å². The van der Waals surface area contributed by atoms with Crippen LogP contribution >= 0.6 is 11.3 Å². The van der Waals surface area contributed by atoms with Gasteiger partial charge < -0.3 is 14.6 Å². The second-order valence-electron chi connectivity index (χ2n) is 10.3. The third kappa shape index (κ3) is 7.35. The molecule has 2 aromatic carbocycles. The van der Waals surface area contributed by atoms with E-state index in [4.69, 9.17) is 14.6 Å². The number of carbonyl (C=O) groups is 1. The summed E-state index contributed by atoms with van der Waals surface area (Å²) in [7, 11) is -0.649. The Labute approximate surface area is 247 Å². The Balaban J connectivity index is 1.25. The topological polar surface area (TPSA) is 85.7 Å². The molecule has 3 heterocycles. The zero-order valence-electron chi connectivity index (χ0n) is 23.2. The van der Waals surface area contributed by atoms with E-state index in [9.17, 15) is 9.00 Å². The monoisotopic (exact) mass is 587 g/mol. The number of aromatic nitrogens is 1. The third-order valence-electron chi connectivity index (χ3n) is 7.36. The lowest BCUT2D eigenvalue weighted by Crippen LogP contribution is -2.23. The maximum absolute atomic E-state index is 11.6. The molecule has 0 unspecified atom stereocenters. The summed E-state index contributed by atoms with van der Waals surface area (Å²) in [6, 6.07) is 16.2. The highest BCUT2D eigenvalue weighted by atomic mass is 32.2. The van der Waals surface area contributed by atoms with Crippen LogP contribution in [-0.4, -0.2) is 38.4 Å². The molecule has 0 amide bonds. The zero-order valence-corrected chi connectivity index (χ0v) is 24.9. The summed E-state index contributed by atoms with van der Waals surface area (Å²) in [6.45, 7) is 4.86. The number of thiophene rings is 1. The molecule has 0 saturated carbocycles. The molecule has 0 spiro atoms.